The molecule has 0 aliphatic carbocycles. The van der Waals surface area contributed by atoms with Crippen molar-refractivity contribution in [2.45, 2.75) is 59.0 Å². The Kier molecular flexibility index (Phi) is 7.76. The molecule has 0 aliphatic heterocycles. The van der Waals surface area contributed by atoms with E-state index in [2.05, 4.69) is 5.32 Å². The van der Waals surface area contributed by atoms with Gasteiger partial charge in [0.05, 0.1) is 6.04 Å². The summed E-state index contributed by atoms with van der Waals surface area (Å²) in [5, 5.41) is 12.4. The largest absolute Gasteiger partial charge is 0.458 e. The number of ether oxygens (including phenoxy) is 2. The highest BCUT2D eigenvalue weighted by atomic mass is 16.6. The van der Waals surface area contributed by atoms with Crippen LogP contribution in [0, 0.1) is 5.92 Å². The van der Waals surface area contributed by atoms with Gasteiger partial charge in [-0.1, -0.05) is 44.2 Å². The molecule has 0 fully saturated rings. The van der Waals surface area contributed by atoms with Crippen LogP contribution in [0.3, 0.4) is 0 Å². The number of hydrogen-bond donors (Lipinski definition) is 2. The van der Waals surface area contributed by atoms with Crippen molar-refractivity contribution in [3.63, 3.8) is 0 Å². The maximum Gasteiger partial charge on any atom is 0.408 e. The second-order valence-electron chi connectivity index (χ2n) is 7.27. The lowest BCUT2D eigenvalue weighted by molar-refractivity contribution is -0.168. The average Bonchev–Trinajstić information content (AvgIpc) is 2.55. The minimum atomic E-state index is -1.98. The Bertz CT molecular complexity index is 621. The Morgan fingerprint density at radius 3 is 2.19 bits per heavy atom. The maximum absolute atomic E-state index is 12.4. The van der Waals surface area contributed by atoms with Gasteiger partial charge in [-0.2, -0.15) is 0 Å². The van der Waals surface area contributed by atoms with E-state index in [1.54, 1.807) is 46.8 Å². The van der Waals surface area contributed by atoms with Crippen LogP contribution in [0.25, 0.3) is 0 Å². The zero-order chi connectivity index (χ0) is 19.9. The highest BCUT2D eigenvalue weighted by molar-refractivity contribution is 6.05. The molecular formula is C19H27NO6. The second kappa shape index (κ2) is 9.33. The van der Waals surface area contributed by atoms with Gasteiger partial charge in [0.2, 0.25) is 6.10 Å². The third-order valence-electron chi connectivity index (χ3n) is 3.36. The van der Waals surface area contributed by atoms with E-state index in [0.717, 1.165) is 5.56 Å². The van der Waals surface area contributed by atoms with Gasteiger partial charge in [0, 0.05) is 0 Å². The van der Waals surface area contributed by atoms with Crippen LogP contribution in [0.2, 0.25) is 0 Å². The number of carbonyl (C=O) groups is 3. The van der Waals surface area contributed by atoms with E-state index < -0.39 is 35.6 Å². The number of benzene rings is 1. The lowest BCUT2D eigenvalue weighted by atomic mass is 9.96. The number of aliphatic hydroxyl groups excluding tert-OH is 1. The van der Waals surface area contributed by atoms with Gasteiger partial charge in [0.1, 0.15) is 12.2 Å². The van der Waals surface area contributed by atoms with Crippen LogP contribution in [0.4, 0.5) is 4.79 Å². The minimum absolute atomic E-state index is 0.0420. The first-order valence-electron chi connectivity index (χ1n) is 8.43. The summed E-state index contributed by atoms with van der Waals surface area (Å²) in [6.07, 6.45) is -2.78. The summed E-state index contributed by atoms with van der Waals surface area (Å²) < 4.78 is 10.1. The molecule has 1 unspecified atom stereocenters. The number of Topliss-reactive ketones (excluding diaryl/α,β-unsaturated/α-hetero) is 1. The number of hydrogen-bond acceptors (Lipinski definition) is 6. The van der Waals surface area contributed by atoms with Crippen LogP contribution >= 0.6 is 0 Å². The number of esters is 1. The van der Waals surface area contributed by atoms with E-state index in [4.69, 9.17) is 9.47 Å². The average molecular weight is 365 g/mol. The van der Waals surface area contributed by atoms with Gasteiger partial charge < -0.3 is 19.9 Å². The van der Waals surface area contributed by atoms with Crippen molar-refractivity contribution in [1.82, 2.24) is 5.32 Å². The molecule has 0 heterocycles. The number of rotatable bonds is 7. The lowest BCUT2D eigenvalue weighted by Crippen LogP contribution is -2.51. The monoisotopic (exact) mass is 365 g/mol. The third kappa shape index (κ3) is 7.23. The Morgan fingerprint density at radius 1 is 1.12 bits per heavy atom. The number of alkyl carbamates (subject to hydrolysis) is 1. The Morgan fingerprint density at radius 2 is 1.69 bits per heavy atom. The molecule has 0 radical (unpaired) electrons. The minimum Gasteiger partial charge on any atom is -0.458 e. The Hall–Kier alpha value is -2.41. The molecule has 7 heteroatoms. The van der Waals surface area contributed by atoms with E-state index in [0.29, 0.717) is 0 Å². The molecule has 2 N–H and O–H groups in total. The molecule has 1 rings (SSSR count). The number of ketones is 1. The molecule has 0 bridgehead atoms. The van der Waals surface area contributed by atoms with Crippen LogP contribution in [-0.2, 0) is 25.7 Å². The lowest BCUT2D eigenvalue weighted by Gasteiger charge is -2.25. The summed E-state index contributed by atoms with van der Waals surface area (Å²) in [5.41, 5.74) is -0.0443. The first-order valence-corrected chi connectivity index (χ1v) is 8.43. The van der Waals surface area contributed by atoms with Crippen molar-refractivity contribution in [3.05, 3.63) is 35.9 Å². The van der Waals surface area contributed by atoms with Crippen molar-refractivity contribution in [1.29, 1.82) is 0 Å². The van der Waals surface area contributed by atoms with Gasteiger partial charge in [-0.15, -0.1) is 0 Å². The summed E-state index contributed by atoms with van der Waals surface area (Å²) >= 11 is 0. The van der Waals surface area contributed by atoms with Gasteiger partial charge >= 0.3 is 12.1 Å². The summed E-state index contributed by atoms with van der Waals surface area (Å²) in [5.74, 6) is -2.25. The summed E-state index contributed by atoms with van der Waals surface area (Å²) in [7, 11) is 0. The van der Waals surface area contributed by atoms with Gasteiger partial charge in [-0.05, 0) is 32.3 Å². The summed E-state index contributed by atoms with van der Waals surface area (Å²) in [4.78, 5) is 36.3. The smallest absolute Gasteiger partial charge is 0.408 e. The standard InChI is InChI=1S/C19H27NO6/c1-12(2)14(15(21)16(22)17(23)26-19(3,4)5)20-18(24)25-11-13-9-7-6-8-10-13/h6-10,12,14,16,22H,11H2,1-5H3,(H,20,24)/t14-,16?/m0/s1. The molecule has 0 aromatic heterocycles. The van der Waals surface area contributed by atoms with Crippen LogP contribution in [-0.4, -0.2) is 40.7 Å². The predicted molar refractivity (Wildman–Crippen MR) is 95.2 cm³/mol. The number of nitrogens with one attached hydrogen (secondary N) is 1. The van der Waals surface area contributed by atoms with Crippen molar-refractivity contribution in [2.75, 3.05) is 0 Å². The third-order valence-corrected chi connectivity index (χ3v) is 3.36. The number of aliphatic hydroxyl groups is 1. The summed E-state index contributed by atoms with van der Waals surface area (Å²) in [6, 6.07) is 7.98. The van der Waals surface area contributed by atoms with Crippen LogP contribution < -0.4 is 5.32 Å². The van der Waals surface area contributed by atoms with Crippen LogP contribution in [0.5, 0.6) is 0 Å². The van der Waals surface area contributed by atoms with Crippen LogP contribution in [0.15, 0.2) is 30.3 Å². The van der Waals surface area contributed by atoms with Gasteiger partial charge in [0.25, 0.3) is 0 Å². The quantitative estimate of drug-likeness (QED) is 0.567. The maximum atomic E-state index is 12.4. The van der Waals surface area contributed by atoms with E-state index in [9.17, 15) is 19.5 Å². The van der Waals surface area contributed by atoms with E-state index >= 15 is 0 Å². The molecule has 0 aliphatic rings. The second-order valence-corrected chi connectivity index (χ2v) is 7.27. The normalized spacial score (nSPS) is 13.7. The highest BCUT2D eigenvalue weighted by Gasteiger charge is 2.36. The van der Waals surface area contributed by atoms with Gasteiger partial charge in [0.15, 0.2) is 5.78 Å². The zero-order valence-corrected chi connectivity index (χ0v) is 15.8. The first kappa shape index (κ1) is 21.6. The molecule has 1 amide bonds. The molecule has 1 aromatic carbocycles. The molecule has 7 nitrogen and oxygen atoms in total. The molecule has 144 valence electrons. The highest BCUT2D eigenvalue weighted by Crippen LogP contribution is 2.12. The molecule has 2 atom stereocenters. The van der Waals surface area contributed by atoms with Crippen molar-refractivity contribution < 1.29 is 29.0 Å². The SMILES string of the molecule is CC(C)[C@H](NC(=O)OCc1ccccc1)C(=O)C(O)C(=O)OC(C)(C)C. The van der Waals surface area contributed by atoms with Gasteiger partial charge in [-0.25, -0.2) is 9.59 Å². The van der Waals surface area contributed by atoms with Gasteiger partial charge in [-0.3, -0.25) is 4.79 Å². The van der Waals surface area contributed by atoms with E-state index in [1.807, 2.05) is 18.2 Å². The Balaban J connectivity index is 2.67. The van der Waals surface area contributed by atoms with Crippen LogP contribution in [0.1, 0.15) is 40.2 Å². The molecule has 0 spiro atoms. The molecule has 0 saturated carbocycles. The fourth-order valence-corrected chi connectivity index (χ4v) is 2.10. The van der Waals surface area contributed by atoms with Crippen molar-refractivity contribution in [3.8, 4) is 0 Å². The molecule has 1 aromatic rings. The molecule has 0 saturated heterocycles. The Labute approximate surface area is 153 Å². The van der Waals surface area contributed by atoms with E-state index in [1.165, 1.54) is 0 Å². The predicted octanol–water partition coefficient (Wildman–Crippen LogP) is 2.21. The number of amides is 1. The fraction of sp³-hybridized carbons (Fsp3) is 0.526. The first-order chi connectivity index (χ1) is 12.0. The molecular weight excluding hydrogens is 338 g/mol. The zero-order valence-electron chi connectivity index (χ0n) is 15.8. The van der Waals surface area contributed by atoms with Crippen molar-refractivity contribution in [2.24, 2.45) is 5.92 Å². The van der Waals surface area contributed by atoms with E-state index in [-0.39, 0.29) is 12.5 Å². The summed E-state index contributed by atoms with van der Waals surface area (Å²) in [6.45, 7) is 8.29. The van der Waals surface area contributed by atoms with Crippen molar-refractivity contribution >= 4 is 17.8 Å². The fourth-order valence-electron chi connectivity index (χ4n) is 2.10. The molecule has 26 heavy (non-hydrogen) atoms. The number of carbonyl (C=O) groups excluding carboxylic acids is 3. The topological polar surface area (TPSA) is 102 Å².